The molecule has 0 N–H and O–H groups in total. The molecule has 0 aliphatic carbocycles. The summed E-state index contributed by atoms with van der Waals surface area (Å²) >= 11 is 0. The van der Waals surface area contributed by atoms with Crippen molar-refractivity contribution < 1.29 is 13.3 Å². The lowest BCUT2D eigenvalue weighted by Gasteiger charge is -2.02. The monoisotopic (exact) mass is 250 g/mol. The SMILES string of the molecule is CS(=O)(=O)c1ccc(-c2ccn[n+]([O-])c2)cc1. The van der Waals surface area contributed by atoms with E-state index in [0.29, 0.717) is 10.4 Å². The van der Waals surface area contributed by atoms with Crippen LogP contribution in [0.3, 0.4) is 0 Å². The van der Waals surface area contributed by atoms with Gasteiger partial charge in [-0.05, 0) is 23.8 Å². The van der Waals surface area contributed by atoms with Crippen molar-refractivity contribution in [1.82, 2.24) is 5.10 Å². The van der Waals surface area contributed by atoms with Gasteiger partial charge in [0.25, 0.3) is 0 Å². The number of aromatic nitrogens is 2. The molecule has 0 fully saturated rings. The van der Waals surface area contributed by atoms with Gasteiger partial charge in [0.05, 0.1) is 16.7 Å². The Balaban J connectivity index is 2.43. The van der Waals surface area contributed by atoms with Crippen LogP contribution in [0.15, 0.2) is 47.6 Å². The van der Waals surface area contributed by atoms with Crippen molar-refractivity contribution in [2.75, 3.05) is 6.26 Å². The summed E-state index contributed by atoms with van der Waals surface area (Å²) in [6.07, 6.45) is 3.88. The molecule has 2 aromatic rings. The smallest absolute Gasteiger partial charge is 0.217 e. The average Bonchev–Trinajstić information content (AvgIpc) is 2.28. The highest BCUT2D eigenvalue weighted by molar-refractivity contribution is 7.90. The summed E-state index contributed by atoms with van der Waals surface area (Å²) in [7, 11) is -3.19. The van der Waals surface area contributed by atoms with E-state index in [0.717, 1.165) is 11.8 Å². The molecule has 1 aromatic carbocycles. The summed E-state index contributed by atoms with van der Waals surface area (Å²) < 4.78 is 22.5. The van der Waals surface area contributed by atoms with Crippen molar-refractivity contribution in [2.24, 2.45) is 0 Å². The molecule has 0 saturated heterocycles. The molecular formula is C11H10N2O3S. The molecule has 1 aromatic heterocycles. The molecule has 0 unspecified atom stereocenters. The van der Waals surface area contributed by atoms with Crippen LogP contribution in [0.1, 0.15) is 0 Å². The van der Waals surface area contributed by atoms with Crippen LogP contribution in [0.2, 0.25) is 0 Å². The Morgan fingerprint density at radius 1 is 1.12 bits per heavy atom. The second-order valence-corrected chi connectivity index (χ2v) is 5.63. The van der Waals surface area contributed by atoms with E-state index in [1.165, 1.54) is 24.5 Å². The first-order valence-electron chi connectivity index (χ1n) is 4.83. The number of rotatable bonds is 2. The number of sulfone groups is 1. The largest absolute Gasteiger partial charge is 0.594 e. The fourth-order valence-electron chi connectivity index (χ4n) is 1.44. The van der Waals surface area contributed by atoms with Crippen LogP contribution >= 0.6 is 0 Å². The van der Waals surface area contributed by atoms with Gasteiger partial charge in [-0.2, -0.15) is 0 Å². The summed E-state index contributed by atoms with van der Waals surface area (Å²) in [4.78, 5) is 0.713. The van der Waals surface area contributed by atoms with E-state index in [-0.39, 0.29) is 4.90 Å². The summed E-state index contributed by atoms with van der Waals surface area (Å²) in [5, 5.41) is 14.5. The van der Waals surface area contributed by atoms with Crippen molar-refractivity contribution >= 4 is 9.84 Å². The van der Waals surface area contributed by atoms with Gasteiger partial charge in [-0.25, -0.2) is 8.42 Å². The molecule has 17 heavy (non-hydrogen) atoms. The third-order valence-corrected chi connectivity index (χ3v) is 3.43. The van der Waals surface area contributed by atoms with Gasteiger partial charge in [0.1, 0.15) is 0 Å². The zero-order valence-corrected chi connectivity index (χ0v) is 9.89. The standard InChI is InChI=1S/C11H10N2O3S/c1-17(15,16)11-4-2-9(3-5-11)10-6-7-12-13(14)8-10/h2-8H,1H3. The van der Waals surface area contributed by atoms with Gasteiger partial charge >= 0.3 is 0 Å². The fourth-order valence-corrected chi connectivity index (χ4v) is 2.07. The number of nitrogens with zero attached hydrogens (tertiary/aromatic N) is 2. The maximum absolute atomic E-state index is 11.3. The van der Waals surface area contributed by atoms with Gasteiger partial charge in [-0.1, -0.05) is 17.0 Å². The Morgan fingerprint density at radius 2 is 1.76 bits per heavy atom. The molecule has 0 aliphatic heterocycles. The van der Waals surface area contributed by atoms with E-state index >= 15 is 0 Å². The fraction of sp³-hybridized carbons (Fsp3) is 0.0909. The molecule has 88 valence electrons. The summed E-state index contributed by atoms with van der Waals surface area (Å²) in [5.74, 6) is 0. The Morgan fingerprint density at radius 3 is 2.29 bits per heavy atom. The third kappa shape index (κ3) is 2.59. The van der Waals surface area contributed by atoms with Gasteiger partial charge in [0, 0.05) is 11.4 Å². The maximum atomic E-state index is 11.3. The van der Waals surface area contributed by atoms with E-state index in [1.807, 2.05) is 0 Å². The summed E-state index contributed by atoms with van der Waals surface area (Å²) in [6, 6.07) is 8.03. The minimum Gasteiger partial charge on any atom is -0.594 e. The van der Waals surface area contributed by atoms with Crippen molar-refractivity contribution in [2.45, 2.75) is 4.90 Å². The second-order valence-electron chi connectivity index (χ2n) is 3.61. The van der Waals surface area contributed by atoms with E-state index in [1.54, 1.807) is 18.2 Å². The third-order valence-electron chi connectivity index (χ3n) is 2.30. The van der Waals surface area contributed by atoms with Crippen LogP contribution < -0.4 is 4.85 Å². The first-order chi connectivity index (χ1) is 7.97. The molecule has 0 radical (unpaired) electrons. The minimum atomic E-state index is -3.19. The lowest BCUT2D eigenvalue weighted by atomic mass is 10.1. The van der Waals surface area contributed by atoms with Gasteiger partial charge in [-0.15, -0.1) is 0 Å². The Labute approximate surface area is 98.8 Å². The van der Waals surface area contributed by atoms with E-state index in [4.69, 9.17) is 0 Å². The quantitative estimate of drug-likeness (QED) is 0.583. The number of hydrogen-bond acceptors (Lipinski definition) is 4. The summed E-state index contributed by atoms with van der Waals surface area (Å²) in [5.41, 5.74) is 1.46. The highest BCUT2D eigenvalue weighted by Gasteiger charge is 2.07. The van der Waals surface area contributed by atoms with Gasteiger partial charge in [0.2, 0.25) is 6.20 Å². The van der Waals surface area contributed by atoms with Crippen LogP contribution in [-0.4, -0.2) is 19.8 Å². The van der Waals surface area contributed by atoms with Crippen LogP contribution in [0, 0.1) is 5.21 Å². The highest BCUT2D eigenvalue weighted by atomic mass is 32.2. The Hall–Kier alpha value is -1.95. The molecule has 0 spiro atoms. The Kier molecular flexibility index (Phi) is 2.81. The van der Waals surface area contributed by atoms with Crippen LogP contribution in [0.5, 0.6) is 0 Å². The minimum absolute atomic E-state index is 0.255. The van der Waals surface area contributed by atoms with Gasteiger partial charge in [0.15, 0.2) is 9.84 Å². The lowest BCUT2D eigenvalue weighted by molar-refractivity contribution is -0.668. The predicted molar refractivity (Wildman–Crippen MR) is 61.7 cm³/mol. The normalized spacial score (nSPS) is 11.4. The van der Waals surface area contributed by atoms with Crippen molar-refractivity contribution in [3.8, 4) is 11.1 Å². The number of hydrogen-bond donors (Lipinski definition) is 0. The Bertz CT molecular complexity index is 636. The first-order valence-corrected chi connectivity index (χ1v) is 6.72. The topological polar surface area (TPSA) is 74.0 Å². The highest BCUT2D eigenvalue weighted by Crippen LogP contribution is 2.19. The first kappa shape index (κ1) is 11.5. The lowest BCUT2D eigenvalue weighted by Crippen LogP contribution is -2.29. The van der Waals surface area contributed by atoms with Gasteiger partial charge in [-0.3, -0.25) is 0 Å². The molecule has 0 amide bonds. The molecular weight excluding hydrogens is 240 g/mol. The average molecular weight is 250 g/mol. The molecule has 1 heterocycles. The second kappa shape index (κ2) is 4.14. The van der Waals surface area contributed by atoms with Crippen molar-refractivity contribution in [3.05, 3.63) is 47.9 Å². The van der Waals surface area contributed by atoms with Crippen molar-refractivity contribution in [3.63, 3.8) is 0 Å². The van der Waals surface area contributed by atoms with E-state index in [9.17, 15) is 13.6 Å². The van der Waals surface area contributed by atoms with E-state index in [2.05, 4.69) is 5.10 Å². The zero-order valence-electron chi connectivity index (χ0n) is 9.07. The van der Waals surface area contributed by atoms with Gasteiger partial charge < -0.3 is 5.21 Å². The van der Waals surface area contributed by atoms with E-state index < -0.39 is 9.84 Å². The molecule has 2 rings (SSSR count). The molecule has 0 atom stereocenters. The summed E-state index contributed by atoms with van der Waals surface area (Å²) in [6.45, 7) is 0. The number of benzene rings is 1. The van der Waals surface area contributed by atoms with Crippen LogP contribution in [0.25, 0.3) is 11.1 Å². The molecule has 6 heteroatoms. The van der Waals surface area contributed by atoms with Crippen molar-refractivity contribution in [1.29, 1.82) is 0 Å². The zero-order chi connectivity index (χ0) is 12.5. The van der Waals surface area contributed by atoms with Crippen LogP contribution in [-0.2, 0) is 9.84 Å². The maximum Gasteiger partial charge on any atom is 0.217 e. The molecule has 5 nitrogen and oxygen atoms in total. The molecule has 0 aliphatic rings. The molecule has 0 bridgehead atoms. The van der Waals surface area contributed by atoms with Crippen LogP contribution in [0.4, 0.5) is 0 Å². The predicted octanol–water partition coefficient (Wildman–Crippen LogP) is 0.786. The molecule has 0 saturated carbocycles.